The fraction of sp³-hybridized carbons (Fsp3) is 0.333. The number of hydrogen-bond donors (Lipinski definition) is 3. The molecule has 0 unspecified atom stereocenters. The normalized spacial score (nSPS) is 13.1. The van der Waals surface area contributed by atoms with Gasteiger partial charge in [-0.1, -0.05) is 30.3 Å². The number of nitrogens with one attached hydrogen (secondary N) is 2. The Morgan fingerprint density at radius 1 is 1.08 bits per heavy atom. The average Bonchev–Trinajstić information content (AvgIpc) is 2.82. The van der Waals surface area contributed by atoms with Gasteiger partial charge in [-0.3, -0.25) is 29.3 Å². The molecule has 0 heterocycles. The zero-order valence-corrected chi connectivity index (χ0v) is 19.7. The number of nitro groups is 1. The second kappa shape index (κ2) is 12.9. The van der Waals surface area contributed by atoms with Crippen LogP contribution in [-0.2, 0) is 30.3 Å². The summed E-state index contributed by atoms with van der Waals surface area (Å²) in [7, 11) is 0. The Labute approximate surface area is 206 Å². The van der Waals surface area contributed by atoms with Crippen LogP contribution in [0.5, 0.6) is 0 Å². The predicted octanol–water partition coefficient (Wildman–Crippen LogP) is 1.49. The minimum absolute atomic E-state index is 0.0622. The minimum atomic E-state index is -1.46. The molecule has 4 N–H and O–H groups in total. The molecule has 2 aromatic rings. The van der Waals surface area contributed by atoms with E-state index in [1.807, 2.05) is 0 Å². The van der Waals surface area contributed by atoms with Gasteiger partial charge in [-0.2, -0.15) is 0 Å². The van der Waals surface area contributed by atoms with E-state index in [1.165, 1.54) is 49.4 Å². The molecule has 2 rings (SSSR count). The van der Waals surface area contributed by atoms with Crippen LogP contribution in [0.1, 0.15) is 37.3 Å². The van der Waals surface area contributed by atoms with E-state index in [9.17, 15) is 33.7 Å². The fourth-order valence-corrected chi connectivity index (χ4v) is 3.63. The van der Waals surface area contributed by atoms with Gasteiger partial charge in [0.1, 0.15) is 17.9 Å². The molecule has 192 valence electrons. The van der Waals surface area contributed by atoms with Crippen molar-refractivity contribution in [2.45, 2.75) is 44.7 Å². The molecule has 0 aliphatic rings. The summed E-state index contributed by atoms with van der Waals surface area (Å²) in [5.41, 5.74) is 5.81. The van der Waals surface area contributed by atoms with Crippen LogP contribution in [0, 0.1) is 15.9 Å². The maximum atomic E-state index is 14.2. The molecular weight excluding hydrogens is 475 g/mol. The molecule has 0 bridgehead atoms. The lowest BCUT2D eigenvalue weighted by Crippen LogP contribution is -2.55. The third kappa shape index (κ3) is 7.86. The summed E-state index contributed by atoms with van der Waals surface area (Å²) in [6.45, 7) is 2.83. The van der Waals surface area contributed by atoms with Gasteiger partial charge in [0, 0.05) is 31.4 Å². The number of rotatable bonds is 12. The van der Waals surface area contributed by atoms with Gasteiger partial charge in [-0.25, -0.2) is 4.39 Å². The summed E-state index contributed by atoms with van der Waals surface area (Å²) in [4.78, 5) is 60.0. The first-order valence-electron chi connectivity index (χ1n) is 11.0. The summed E-state index contributed by atoms with van der Waals surface area (Å²) >= 11 is 0. The number of nitrogens with zero attached hydrogens (tertiary/aromatic N) is 1. The zero-order chi connectivity index (χ0) is 26.8. The summed E-state index contributed by atoms with van der Waals surface area (Å²) < 4.78 is 19.2. The van der Waals surface area contributed by atoms with Crippen LogP contribution >= 0.6 is 0 Å². The summed E-state index contributed by atoms with van der Waals surface area (Å²) in [5.74, 6) is -4.72. The Hall–Kier alpha value is -4.35. The lowest BCUT2D eigenvalue weighted by Gasteiger charge is -2.27. The number of carbonyl (C=O) groups is 4. The van der Waals surface area contributed by atoms with Crippen LogP contribution in [0.25, 0.3) is 0 Å². The van der Waals surface area contributed by atoms with Crippen molar-refractivity contribution >= 4 is 29.4 Å². The number of amides is 3. The van der Waals surface area contributed by atoms with Gasteiger partial charge < -0.3 is 21.1 Å². The van der Waals surface area contributed by atoms with Gasteiger partial charge in [-0.05, 0) is 24.1 Å². The predicted molar refractivity (Wildman–Crippen MR) is 126 cm³/mol. The molecule has 3 atom stereocenters. The van der Waals surface area contributed by atoms with E-state index in [1.54, 1.807) is 13.0 Å². The maximum absolute atomic E-state index is 14.2. The number of carbonyl (C=O) groups excluding carboxylic acids is 4. The summed E-state index contributed by atoms with van der Waals surface area (Å²) in [6, 6.07) is 8.02. The van der Waals surface area contributed by atoms with Crippen LogP contribution in [0.2, 0.25) is 0 Å². The summed E-state index contributed by atoms with van der Waals surface area (Å²) in [5, 5.41) is 15.9. The van der Waals surface area contributed by atoms with E-state index in [4.69, 9.17) is 10.5 Å². The molecule has 0 aliphatic heterocycles. The molecular formula is C24H27FN4O7. The van der Waals surface area contributed by atoms with Crippen molar-refractivity contribution in [1.82, 2.24) is 10.6 Å². The van der Waals surface area contributed by atoms with Crippen LogP contribution < -0.4 is 16.4 Å². The van der Waals surface area contributed by atoms with Gasteiger partial charge in [0.15, 0.2) is 0 Å². The van der Waals surface area contributed by atoms with Crippen molar-refractivity contribution < 1.29 is 33.2 Å². The summed E-state index contributed by atoms with van der Waals surface area (Å²) in [6.07, 6.45) is -0.596. The lowest BCUT2D eigenvalue weighted by molar-refractivity contribution is -0.384. The van der Waals surface area contributed by atoms with Gasteiger partial charge >= 0.3 is 5.97 Å². The van der Waals surface area contributed by atoms with E-state index in [2.05, 4.69) is 10.6 Å². The molecule has 0 fully saturated rings. The SMILES string of the molecule is CCOC(=O)C[C@@H](c1ccc([N+](=O)[O-])cc1)[C@H](NC(=O)[C@H](Cc1ccccc1F)NC(C)=O)C(N)=O. The first-order valence-corrected chi connectivity index (χ1v) is 11.0. The Morgan fingerprint density at radius 3 is 2.25 bits per heavy atom. The highest BCUT2D eigenvalue weighted by Crippen LogP contribution is 2.27. The van der Waals surface area contributed by atoms with Crippen LogP contribution in [0.4, 0.5) is 10.1 Å². The average molecular weight is 502 g/mol. The molecule has 0 saturated heterocycles. The second-order valence-electron chi connectivity index (χ2n) is 7.90. The third-order valence-electron chi connectivity index (χ3n) is 5.31. The first-order chi connectivity index (χ1) is 17.0. The van der Waals surface area contributed by atoms with Gasteiger partial charge in [0.05, 0.1) is 18.0 Å². The molecule has 0 radical (unpaired) electrons. The first kappa shape index (κ1) is 27.9. The standard InChI is InChI=1S/C24H27FN4O7/c1-3-36-21(31)13-18(15-8-10-17(11-9-15)29(34)35)22(23(26)32)28-24(33)20(27-14(2)30)12-16-6-4-5-7-19(16)25/h4-11,18,20,22H,3,12-13H2,1-2H3,(H2,26,32)(H,27,30)(H,28,33)/t18-,20-,22-/m0/s1. The van der Waals surface area contributed by atoms with Gasteiger partial charge in [-0.15, -0.1) is 0 Å². The smallest absolute Gasteiger partial charge is 0.306 e. The van der Waals surface area contributed by atoms with Crippen LogP contribution in [-0.4, -0.2) is 47.3 Å². The number of hydrogen-bond acceptors (Lipinski definition) is 7. The highest BCUT2D eigenvalue weighted by Gasteiger charge is 2.34. The quantitative estimate of drug-likeness (QED) is 0.224. The number of nitro benzene ring substituents is 1. The zero-order valence-electron chi connectivity index (χ0n) is 19.7. The van der Waals surface area contributed by atoms with Crippen LogP contribution in [0.15, 0.2) is 48.5 Å². The van der Waals surface area contributed by atoms with Crippen molar-refractivity contribution in [3.8, 4) is 0 Å². The lowest BCUT2D eigenvalue weighted by atomic mass is 9.87. The second-order valence-corrected chi connectivity index (χ2v) is 7.90. The molecule has 12 heteroatoms. The van der Waals surface area contributed by atoms with E-state index < -0.39 is 52.4 Å². The molecule has 0 spiro atoms. The molecule has 3 amide bonds. The van der Waals surface area contributed by atoms with Crippen LogP contribution in [0.3, 0.4) is 0 Å². The fourth-order valence-electron chi connectivity index (χ4n) is 3.63. The minimum Gasteiger partial charge on any atom is -0.466 e. The molecule has 11 nitrogen and oxygen atoms in total. The van der Waals surface area contributed by atoms with Crippen molar-refractivity contribution in [2.24, 2.45) is 5.73 Å². The number of esters is 1. The Balaban J connectivity index is 2.39. The molecule has 0 aromatic heterocycles. The third-order valence-corrected chi connectivity index (χ3v) is 5.31. The number of benzene rings is 2. The molecule has 2 aromatic carbocycles. The number of halogens is 1. The number of nitrogens with two attached hydrogens (primary N) is 1. The number of non-ortho nitro benzene ring substituents is 1. The van der Waals surface area contributed by atoms with Gasteiger partial charge in [0.25, 0.3) is 5.69 Å². The van der Waals surface area contributed by atoms with E-state index in [-0.39, 0.29) is 30.7 Å². The molecule has 36 heavy (non-hydrogen) atoms. The van der Waals surface area contributed by atoms with Gasteiger partial charge in [0.2, 0.25) is 17.7 Å². The van der Waals surface area contributed by atoms with Crippen molar-refractivity contribution in [2.75, 3.05) is 6.61 Å². The Bertz CT molecular complexity index is 1120. The number of ether oxygens (including phenoxy) is 1. The van der Waals surface area contributed by atoms with Crippen molar-refractivity contribution in [3.63, 3.8) is 0 Å². The largest absolute Gasteiger partial charge is 0.466 e. The Morgan fingerprint density at radius 2 is 1.72 bits per heavy atom. The van der Waals surface area contributed by atoms with E-state index in [0.29, 0.717) is 5.56 Å². The highest BCUT2D eigenvalue weighted by molar-refractivity contribution is 5.92. The van der Waals surface area contributed by atoms with Crippen molar-refractivity contribution in [3.05, 3.63) is 75.6 Å². The monoisotopic (exact) mass is 502 g/mol. The molecule has 0 aliphatic carbocycles. The maximum Gasteiger partial charge on any atom is 0.306 e. The molecule has 0 saturated carbocycles. The van der Waals surface area contributed by atoms with Crippen molar-refractivity contribution in [1.29, 1.82) is 0 Å². The Kier molecular flexibility index (Phi) is 10.0. The topological polar surface area (TPSA) is 171 Å². The highest BCUT2D eigenvalue weighted by atomic mass is 19.1. The van der Waals surface area contributed by atoms with E-state index >= 15 is 0 Å². The van der Waals surface area contributed by atoms with E-state index in [0.717, 1.165) is 0 Å². The number of primary amides is 1.